The number of aromatic nitrogens is 1. The van der Waals surface area contributed by atoms with E-state index in [4.69, 9.17) is 10.5 Å². The van der Waals surface area contributed by atoms with E-state index in [1.165, 1.54) is 0 Å². The Bertz CT molecular complexity index is 433. The zero-order chi connectivity index (χ0) is 13.8. The highest BCUT2D eigenvalue weighted by Gasteiger charge is 2.30. The summed E-state index contributed by atoms with van der Waals surface area (Å²) in [6, 6.07) is 3.74. The maximum Gasteiger partial charge on any atom is 0.272 e. The maximum absolute atomic E-state index is 12.5. The molecule has 2 atom stereocenters. The normalized spacial score (nSPS) is 23.4. The SMILES string of the molecule is CCC1COC(C)CN1C(=O)c1ccc(CN)cn1. The maximum atomic E-state index is 12.5. The summed E-state index contributed by atoms with van der Waals surface area (Å²) >= 11 is 0. The number of carbonyl (C=O) groups is 1. The minimum Gasteiger partial charge on any atom is -0.375 e. The fourth-order valence-corrected chi connectivity index (χ4v) is 2.25. The third-order valence-corrected chi connectivity index (χ3v) is 3.48. The topological polar surface area (TPSA) is 68.5 Å². The number of amides is 1. The second-order valence-electron chi connectivity index (χ2n) is 4.92. The van der Waals surface area contributed by atoms with Gasteiger partial charge in [0.1, 0.15) is 5.69 Å². The molecule has 0 radical (unpaired) electrons. The second-order valence-corrected chi connectivity index (χ2v) is 4.92. The van der Waals surface area contributed by atoms with Crippen molar-refractivity contribution in [2.24, 2.45) is 5.73 Å². The van der Waals surface area contributed by atoms with Crippen molar-refractivity contribution in [2.45, 2.75) is 39.0 Å². The van der Waals surface area contributed by atoms with Gasteiger partial charge in [0.25, 0.3) is 5.91 Å². The van der Waals surface area contributed by atoms with Gasteiger partial charge in [-0.2, -0.15) is 0 Å². The van der Waals surface area contributed by atoms with Gasteiger partial charge < -0.3 is 15.4 Å². The molecule has 1 aliphatic heterocycles. The van der Waals surface area contributed by atoms with Gasteiger partial charge in [0.05, 0.1) is 18.8 Å². The first-order valence-corrected chi connectivity index (χ1v) is 6.73. The summed E-state index contributed by atoms with van der Waals surface area (Å²) in [5, 5.41) is 0. The van der Waals surface area contributed by atoms with Gasteiger partial charge in [-0.25, -0.2) is 0 Å². The summed E-state index contributed by atoms with van der Waals surface area (Å²) in [5.74, 6) is -0.0226. The first-order chi connectivity index (χ1) is 9.15. The molecule has 5 nitrogen and oxygen atoms in total. The molecule has 2 heterocycles. The molecule has 0 bridgehead atoms. The van der Waals surface area contributed by atoms with Gasteiger partial charge in [-0.3, -0.25) is 9.78 Å². The Morgan fingerprint density at radius 3 is 2.95 bits per heavy atom. The lowest BCUT2D eigenvalue weighted by atomic mass is 10.1. The third-order valence-electron chi connectivity index (χ3n) is 3.48. The van der Waals surface area contributed by atoms with Crippen LogP contribution in [-0.4, -0.2) is 41.1 Å². The molecule has 104 valence electrons. The summed E-state index contributed by atoms with van der Waals surface area (Å²) in [4.78, 5) is 18.6. The van der Waals surface area contributed by atoms with Crippen LogP contribution in [0.15, 0.2) is 18.3 Å². The lowest BCUT2D eigenvalue weighted by molar-refractivity contribution is -0.0445. The van der Waals surface area contributed by atoms with Gasteiger partial charge in [-0.1, -0.05) is 13.0 Å². The van der Waals surface area contributed by atoms with Crippen LogP contribution in [0.25, 0.3) is 0 Å². The molecule has 0 aromatic carbocycles. The van der Waals surface area contributed by atoms with Crippen molar-refractivity contribution in [1.29, 1.82) is 0 Å². The first kappa shape index (κ1) is 14.0. The van der Waals surface area contributed by atoms with Crippen molar-refractivity contribution >= 4 is 5.91 Å². The number of nitrogens with zero attached hydrogens (tertiary/aromatic N) is 2. The molecule has 1 saturated heterocycles. The Balaban J connectivity index is 2.15. The highest BCUT2D eigenvalue weighted by atomic mass is 16.5. The molecule has 1 fully saturated rings. The molecular formula is C14H21N3O2. The van der Waals surface area contributed by atoms with Crippen molar-refractivity contribution < 1.29 is 9.53 Å². The fourth-order valence-electron chi connectivity index (χ4n) is 2.25. The van der Waals surface area contributed by atoms with Crippen LogP contribution in [-0.2, 0) is 11.3 Å². The first-order valence-electron chi connectivity index (χ1n) is 6.73. The minimum atomic E-state index is -0.0226. The van der Waals surface area contributed by atoms with Crippen LogP contribution < -0.4 is 5.73 Å². The number of morpholine rings is 1. The highest BCUT2D eigenvalue weighted by Crippen LogP contribution is 2.17. The van der Waals surface area contributed by atoms with Crippen LogP contribution in [0.1, 0.15) is 36.3 Å². The molecule has 19 heavy (non-hydrogen) atoms. The summed E-state index contributed by atoms with van der Waals surface area (Å²) in [7, 11) is 0. The smallest absolute Gasteiger partial charge is 0.272 e. The van der Waals surface area contributed by atoms with Crippen LogP contribution in [0.5, 0.6) is 0 Å². The van der Waals surface area contributed by atoms with E-state index in [0.29, 0.717) is 25.4 Å². The molecule has 1 aliphatic rings. The number of pyridine rings is 1. The Morgan fingerprint density at radius 1 is 1.58 bits per heavy atom. The van der Waals surface area contributed by atoms with Crippen LogP contribution >= 0.6 is 0 Å². The average Bonchev–Trinajstić information content (AvgIpc) is 2.46. The van der Waals surface area contributed by atoms with Gasteiger partial charge >= 0.3 is 0 Å². The Morgan fingerprint density at radius 2 is 2.37 bits per heavy atom. The summed E-state index contributed by atoms with van der Waals surface area (Å²) < 4.78 is 5.60. The molecule has 1 amide bonds. The van der Waals surface area contributed by atoms with E-state index in [1.807, 2.05) is 17.9 Å². The zero-order valence-corrected chi connectivity index (χ0v) is 11.5. The third kappa shape index (κ3) is 3.11. The Hall–Kier alpha value is -1.46. The molecule has 1 aromatic rings. The Labute approximate surface area is 113 Å². The number of nitrogens with two attached hydrogens (primary N) is 1. The lowest BCUT2D eigenvalue weighted by Crippen LogP contribution is -2.51. The molecule has 0 spiro atoms. The molecule has 1 aromatic heterocycles. The van der Waals surface area contributed by atoms with Crippen LogP contribution in [0.2, 0.25) is 0 Å². The Kier molecular flexibility index (Phi) is 4.50. The molecule has 2 rings (SSSR count). The van der Waals surface area contributed by atoms with Crippen molar-refractivity contribution in [2.75, 3.05) is 13.2 Å². The van der Waals surface area contributed by atoms with Crippen molar-refractivity contribution in [3.05, 3.63) is 29.6 Å². The van der Waals surface area contributed by atoms with E-state index < -0.39 is 0 Å². The average molecular weight is 263 g/mol. The fraction of sp³-hybridized carbons (Fsp3) is 0.571. The summed E-state index contributed by atoms with van der Waals surface area (Å²) in [6.45, 7) is 5.71. The van der Waals surface area contributed by atoms with Crippen LogP contribution in [0, 0.1) is 0 Å². The van der Waals surface area contributed by atoms with E-state index in [-0.39, 0.29) is 18.1 Å². The van der Waals surface area contributed by atoms with E-state index in [2.05, 4.69) is 11.9 Å². The van der Waals surface area contributed by atoms with Gasteiger partial charge in [-0.05, 0) is 25.0 Å². The van der Waals surface area contributed by atoms with Crippen molar-refractivity contribution in [3.63, 3.8) is 0 Å². The largest absolute Gasteiger partial charge is 0.375 e. The minimum absolute atomic E-state index is 0.0226. The predicted molar refractivity (Wildman–Crippen MR) is 72.7 cm³/mol. The quantitative estimate of drug-likeness (QED) is 0.889. The second kappa shape index (κ2) is 6.12. The van der Waals surface area contributed by atoms with Crippen molar-refractivity contribution in [3.8, 4) is 0 Å². The molecule has 2 unspecified atom stereocenters. The number of ether oxygens (including phenoxy) is 1. The highest BCUT2D eigenvalue weighted by molar-refractivity contribution is 5.92. The van der Waals surface area contributed by atoms with Gasteiger partial charge in [0.15, 0.2) is 0 Å². The standard InChI is InChI=1S/C14H21N3O2/c1-3-12-9-19-10(2)8-17(12)14(18)13-5-4-11(6-15)7-16-13/h4-5,7,10,12H,3,6,8-9,15H2,1-2H3. The monoisotopic (exact) mass is 263 g/mol. The number of carbonyl (C=O) groups excluding carboxylic acids is 1. The van der Waals surface area contributed by atoms with Crippen molar-refractivity contribution in [1.82, 2.24) is 9.88 Å². The lowest BCUT2D eigenvalue weighted by Gasteiger charge is -2.38. The number of hydrogen-bond donors (Lipinski definition) is 1. The number of rotatable bonds is 3. The molecule has 2 N–H and O–H groups in total. The van der Waals surface area contributed by atoms with Gasteiger partial charge in [0.2, 0.25) is 0 Å². The van der Waals surface area contributed by atoms with Gasteiger partial charge in [-0.15, -0.1) is 0 Å². The summed E-state index contributed by atoms with van der Waals surface area (Å²) in [5.41, 5.74) is 6.93. The van der Waals surface area contributed by atoms with E-state index in [1.54, 1.807) is 12.3 Å². The predicted octanol–water partition coefficient (Wildman–Crippen LogP) is 1.18. The van der Waals surface area contributed by atoms with Crippen LogP contribution in [0.3, 0.4) is 0 Å². The zero-order valence-electron chi connectivity index (χ0n) is 11.5. The number of hydrogen-bond acceptors (Lipinski definition) is 4. The van der Waals surface area contributed by atoms with Gasteiger partial charge in [0, 0.05) is 19.3 Å². The molecular weight excluding hydrogens is 242 g/mol. The van der Waals surface area contributed by atoms with E-state index in [0.717, 1.165) is 12.0 Å². The molecule has 0 saturated carbocycles. The summed E-state index contributed by atoms with van der Waals surface area (Å²) in [6.07, 6.45) is 2.63. The molecule has 5 heteroatoms. The van der Waals surface area contributed by atoms with Crippen LogP contribution in [0.4, 0.5) is 0 Å². The van der Waals surface area contributed by atoms with E-state index >= 15 is 0 Å². The molecule has 0 aliphatic carbocycles. The van der Waals surface area contributed by atoms with E-state index in [9.17, 15) is 4.79 Å².